The van der Waals surface area contributed by atoms with E-state index >= 15 is 0 Å². The number of carboxylic acids is 1. The molecule has 1 heterocycles. The van der Waals surface area contributed by atoms with E-state index in [4.69, 9.17) is 14.4 Å². The molecule has 0 spiro atoms. The fourth-order valence-corrected chi connectivity index (χ4v) is 2.22. The van der Waals surface area contributed by atoms with E-state index in [-0.39, 0.29) is 6.42 Å². The van der Waals surface area contributed by atoms with Crippen LogP contribution in [0.1, 0.15) is 24.5 Å². The summed E-state index contributed by atoms with van der Waals surface area (Å²) in [5, 5.41) is 12.7. The molecule has 2 aromatic carbocycles. The second kappa shape index (κ2) is 6.95. The first kappa shape index (κ1) is 15.7. The first-order valence-electron chi connectivity index (χ1n) is 7.48. The van der Waals surface area contributed by atoms with Crippen LogP contribution in [0.4, 0.5) is 0 Å². The van der Waals surface area contributed by atoms with Crippen LogP contribution in [0.3, 0.4) is 0 Å². The second-order valence-corrected chi connectivity index (χ2v) is 5.30. The highest BCUT2D eigenvalue weighted by Crippen LogP contribution is 2.23. The maximum atomic E-state index is 10.7. The van der Waals surface area contributed by atoms with Crippen molar-refractivity contribution in [3.8, 4) is 17.1 Å². The van der Waals surface area contributed by atoms with E-state index in [2.05, 4.69) is 10.1 Å². The van der Waals surface area contributed by atoms with Crippen LogP contribution in [-0.4, -0.2) is 21.2 Å². The molecule has 3 aromatic rings. The molecule has 1 unspecified atom stereocenters. The van der Waals surface area contributed by atoms with Crippen molar-refractivity contribution < 1.29 is 19.2 Å². The van der Waals surface area contributed by atoms with Crippen LogP contribution in [0.25, 0.3) is 11.4 Å². The zero-order valence-electron chi connectivity index (χ0n) is 13.0. The fourth-order valence-electron chi connectivity index (χ4n) is 2.22. The first-order chi connectivity index (χ1) is 11.6. The highest BCUT2D eigenvalue weighted by molar-refractivity contribution is 5.70. The van der Waals surface area contributed by atoms with E-state index in [9.17, 15) is 4.79 Å². The van der Waals surface area contributed by atoms with Crippen molar-refractivity contribution in [2.45, 2.75) is 19.4 Å². The molecule has 0 amide bonds. The molecule has 1 atom stereocenters. The largest absolute Gasteiger partial charge is 0.481 e. The second-order valence-electron chi connectivity index (χ2n) is 5.30. The van der Waals surface area contributed by atoms with Gasteiger partial charge in [-0.3, -0.25) is 4.79 Å². The summed E-state index contributed by atoms with van der Waals surface area (Å²) in [4.78, 5) is 15.0. The Hall–Kier alpha value is -3.15. The zero-order chi connectivity index (χ0) is 16.9. The molecule has 0 aliphatic heterocycles. The molecule has 24 heavy (non-hydrogen) atoms. The summed E-state index contributed by atoms with van der Waals surface area (Å²) in [7, 11) is 0. The Morgan fingerprint density at radius 3 is 2.54 bits per heavy atom. The van der Waals surface area contributed by atoms with Crippen LogP contribution in [0, 0.1) is 0 Å². The number of aromatic nitrogens is 2. The smallest absolute Gasteiger partial charge is 0.307 e. The molecule has 1 aromatic heterocycles. The minimum atomic E-state index is -0.865. The number of ether oxygens (including phenoxy) is 1. The van der Waals surface area contributed by atoms with Gasteiger partial charge in [0, 0.05) is 5.56 Å². The fraction of sp³-hybridized carbons (Fsp3) is 0.167. The van der Waals surface area contributed by atoms with Gasteiger partial charge in [0.05, 0.1) is 6.42 Å². The van der Waals surface area contributed by atoms with Crippen LogP contribution >= 0.6 is 0 Å². The normalized spacial score (nSPS) is 11.9. The molecular weight excluding hydrogens is 308 g/mol. The number of carboxylic acid groups (broad SMARTS) is 1. The lowest BCUT2D eigenvalue weighted by atomic mass is 10.1. The Bertz CT molecular complexity index is 813. The van der Waals surface area contributed by atoms with Crippen LogP contribution in [0.5, 0.6) is 5.75 Å². The summed E-state index contributed by atoms with van der Waals surface area (Å²) in [6.45, 7) is 1.81. The Kier molecular flexibility index (Phi) is 4.56. The molecule has 0 radical (unpaired) electrons. The lowest BCUT2D eigenvalue weighted by molar-refractivity contribution is -0.136. The molecule has 6 heteroatoms. The third kappa shape index (κ3) is 3.78. The molecule has 3 rings (SSSR count). The Balaban J connectivity index is 1.68. The summed E-state index contributed by atoms with van der Waals surface area (Å²) in [6.07, 6.45) is -0.430. The van der Waals surface area contributed by atoms with Gasteiger partial charge in [-0.05, 0) is 24.6 Å². The third-order valence-electron chi connectivity index (χ3n) is 3.41. The Labute approximate surface area is 138 Å². The summed E-state index contributed by atoms with van der Waals surface area (Å²) >= 11 is 0. The van der Waals surface area contributed by atoms with E-state index < -0.39 is 12.1 Å². The molecule has 0 saturated carbocycles. The maximum absolute atomic E-state index is 10.7. The van der Waals surface area contributed by atoms with Gasteiger partial charge in [0.25, 0.3) is 5.89 Å². The van der Waals surface area contributed by atoms with Gasteiger partial charge in [0.2, 0.25) is 5.82 Å². The predicted octanol–water partition coefficient (Wildman–Crippen LogP) is 3.50. The number of rotatable bonds is 6. The van der Waals surface area contributed by atoms with Crippen molar-refractivity contribution in [1.29, 1.82) is 0 Å². The van der Waals surface area contributed by atoms with Gasteiger partial charge >= 0.3 is 5.97 Å². The number of carbonyl (C=O) groups is 1. The van der Waals surface area contributed by atoms with E-state index in [0.29, 0.717) is 23.0 Å². The maximum Gasteiger partial charge on any atom is 0.307 e. The molecule has 1 N–H and O–H groups in total. The van der Waals surface area contributed by atoms with Gasteiger partial charge in [-0.1, -0.05) is 47.6 Å². The minimum absolute atomic E-state index is 0.0140. The lowest BCUT2D eigenvalue weighted by Gasteiger charge is -2.10. The van der Waals surface area contributed by atoms with Gasteiger partial charge in [-0.2, -0.15) is 4.98 Å². The summed E-state index contributed by atoms with van der Waals surface area (Å²) in [5.41, 5.74) is 1.59. The van der Waals surface area contributed by atoms with E-state index in [0.717, 1.165) is 5.56 Å². The number of nitrogens with zero attached hydrogens (tertiary/aromatic N) is 2. The van der Waals surface area contributed by atoms with E-state index in [1.807, 2.05) is 37.3 Å². The van der Waals surface area contributed by atoms with Crippen molar-refractivity contribution in [3.05, 3.63) is 66.1 Å². The Morgan fingerprint density at radius 2 is 1.88 bits per heavy atom. The molecule has 0 saturated heterocycles. The first-order valence-corrected chi connectivity index (χ1v) is 7.48. The van der Waals surface area contributed by atoms with Crippen LogP contribution in [0.15, 0.2) is 59.1 Å². The summed E-state index contributed by atoms with van der Waals surface area (Å²) in [6, 6.07) is 16.4. The molecule has 0 aliphatic rings. The van der Waals surface area contributed by atoms with Crippen LogP contribution in [0.2, 0.25) is 0 Å². The van der Waals surface area contributed by atoms with E-state index in [1.165, 1.54) is 0 Å². The number of hydrogen-bond donors (Lipinski definition) is 1. The quantitative estimate of drug-likeness (QED) is 0.747. The van der Waals surface area contributed by atoms with Crippen molar-refractivity contribution in [1.82, 2.24) is 10.1 Å². The monoisotopic (exact) mass is 324 g/mol. The number of benzene rings is 2. The van der Waals surface area contributed by atoms with Crippen molar-refractivity contribution in [2.75, 3.05) is 0 Å². The van der Waals surface area contributed by atoms with E-state index in [1.54, 1.807) is 24.3 Å². The lowest BCUT2D eigenvalue weighted by Crippen LogP contribution is -2.04. The van der Waals surface area contributed by atoms with Crippen molar-refractivity contribution in [2.24, 2.45) is 0 Å². The van der Waals surface area contributed by atoms with Gasteiger partial charge < -0.3 is 14.4 Å². The molecule has 0 bridgehead atoms. The SMILES string of the molecule is CC(Oc1ccc(CC(=O)O)cc1)c1nc(-c2ccccc2)no1. The molecule has 122 valence electrons. The molecule has 0 aliphatic carbocycles. The third-order valence-corrected chi connectivity index (χ3v) is 3.41. The predicted molar refractivity (Wildman–Crippen MR) is 86.6 cm³/mol. The minimum Gasteiger partial charge on any atom is -0.481 e. The van der Waals surface area contributed by atoms with Crippen molar-refractivity contribution >= 4 is 5.97 Å². The number of aliphatic carboxylic acids is 1. The number of hydrogen-bond acceptors (Lipinski definition) is 5. The Morgan fingerprint density at radius 1 is 1.17 bits per heavy atom. The van der Waals surface area contributed by atoms with Gasteiger partial charge in [0.1, 0.15) is 5.75 Å². The van der Waals surface area contributed by atoms with Crippen molar-refractivity contribution in [3.63, 3.8) is 0 Å². The van der Waals surface area contributed by atoms with Gasteiger partial charge in [0.15, 0.2) is 6.10 Å². The average Bonchev–Trinajstić information content (AvgIpc) is 3.07. The topological polar surface area (TPSA) is 85.5 Å². The molecule has 0 fully saturated rings. The highest BCUT2D eigenvalue weighted by Gasteiger charge is 2.16. The van der Waals surface area contributed by atoms with Gasteiger partial charge in [-0.25, -0.2) is 0 Å². The van der Waals surface area contributed by atoms with Crippen LogP contribution < -0.4 is 4.74 Å². The standard InChI is InChI=1S/C18H16N2O4/c1-12(23-15-9-7-13(8-10-15)11-16(21)22)18-19-17(20-24-18)14-5-3-2-4-6-14/h2-10,12H,11H2,1H3,(H,21,22). The summed E-state index contributed by atoms with van der Waals surface area (Å²) < 4.78 is 11.0. The van der Waals surface area contributed by atoms with Crippen LogP contribution in [-0.2, 0) is 11.2 Å². The summed E-state index contributed by atoms with van der Waals surface area (Å²) in [5.74, 6) is 0.633. The molecule has 6 nitrogen and oxygen atoms in total. The highest BCUT2D eigenvalue weighted by atomic mass is 16.5. The van der Waals surface area contributed by atoms with Gasteiger partial charge in [-0.15, -0.1) is 0 Å². The zero-order valence-corrected chi connectivity index (χ0v) is 13.0. The average molecular weight is 324 g/mol. The molecular formula is C18H16N2O4.